The quantitative estimate of drug-likeness (QED) is 0.581. The molecule has 2 N–H and O–H groups in total. The van der Waals surface area contributed by atoms with Crippen molar-refractivity contribution in [3.63, 3.8) is 0 Å². The maximum absolute atomic E-state index is 14.2. The molecule has 0 aliphatic carbocycles. The summed E-state index contributed by atoms with van der Waals surface area (Å²) >= 11 is 0. The summed E-state index contributed by atoms with van der Waals surface area (Å²) in [4.78, 5) is 14.4. The minimum atomic E-state index is -3.32. The molecule has 1 unspecified atom stereocenters. The third-order valence-electron chi connectivity index (χ3n) is 6.74. The fourth-order valence-corrected chi connectivity index (χ4v) is 4.73. The van der Waals surface area contributed by atoms with Crippen molar-refractivity contribution in [1.29, 1.82) is 0 Å². The first-order valence-electron chi connectivity index (χ1n) is 10.8. The molecule has 174 valence electrons. The number of aliphatic hydroxyl groups is 1. The van der Waals surface area contributed by atoms with Gasteiger partial charge in [0, 0.05) is 29.1 Å². The SMILES string of the molecule is Cc1c(C(C)Nc2nnc(C)c3cc4c(cc23)C(C)(C)C(=O)N4C)cccc1C(F)(F)CO. The Balaban J connectivity index is 1.80. The number of aliphatic hydroxyl groups excluding tert-OH is 1. The van der Waals surface area contributed by atoms with Gasteiger partial charge in [-0.1, -0.05) is 18.2 Å². The molecule has 1 atom stereocenters. The van der Waals surface area contributed by atoms with Gasteiger partial charge in [-0.25, -0.2) is 0 Å². The Morgan fingerprint density at radius 1 is 1.18 bits per heavy atom. The molecule has 4 rings (SSSR count). The van der Waals surface area contributed by atoms with Crippen LogP contribution in [0.3, 0.4) is 0 Å². The van der Waals surface area contributed by atoms with E-state index in [0.29, 0.717) is 16.9 Å². The Bertz CT molecular complexity index is 1270. The van der Waals surface area contributed by atoms with Crippen molar-refractivity contribution in [2.45, 2.75) is 52.0 Å². The molecule has 0 fully saturated rings. The molecule has 0 radical (unpaired) electrons. The van der Waals surface area contributed by atoms with Gasteiger partial charge in [0.15, 0.2) is 5.82 Å². The van der Waals surface area contributed by atoms with Crippen molar-refractivity contribution >= 4 is 28.2 Å². The maximum atomic E-state index is 14.2. The van der Waals surface area contributed by atoms with Gasteiger partial charge in [-0.2, -0.15) is 13.9 Å². The number of hydrogen-bond acceptors (Lipinski definition) is 5. The number of aryl methyl sites for hydroxylation is 1. The van der Waals surface area contributed by atoms with Crippen molar-refractivity contribution in [2.75, 3.05) is 23.9 Å². The van der Waals surface area contributed by atoms with Gasteiger partial charge >= 0.3 is 0 Å². The lowest BCUT2D eigenvalue weighted by Crippen LogP contribution is -2.33. The van der Waals surface area contributed by atoms with Crippen molar-refractivity contribution < 1.29 is 18.7 Å². The molecule has 6 nitrogen and oxygen atoms in total. The van der Waals surface area contributed by atoms with Crippen LogP contribution in [-0.2, 0) is 16.1 Å². The molecular formula is C25H28F2N4O2. The van der Waals surface area contributed by atoms with Gasteiger partial charge in [-0.05, 0) is 63.4 Å². The number of likely N-dealkylation sites (N-methyl/N-ethyl adjacent to an activating group) is 1. The van der Waals surface area contributed by atoms with E-state index in [0.717, 1.165) is 27.7 Å². The van der Waals surface area contributed by atoms with Crippen LogP contribution in [0.1, 0.15) is 54.8 Å². The van der Waals surface area contributed by atoms with Gasteiger partial charge in [0.1, 0.15) is 6.61 Å². The number of alkyl halides is 2. The molecule has 0 bridgehead atoms. The number of rotatable bonds is 5. The zero-order valence-electron chi connectivity index (χ0n) is 19.6. The van der Waals surface area contributed by atoms with E-state index in [2.05, 4.69) is 15.5 Å². The van der Waals surface area contributed by atoms with Crippen molar-refractivity contribution in [2.24, 2.45) is 0 Å². The molecule has 1 aromatic heterocycles. The van der Waals surface area contributed by atoms with E-state index in [9.17, 15) is 13.6 Å². The van der Waals surface area contributed by atoms with E-state index in [4.69, 9.17) is 5.11 Å². The predicted molar refractivity (Wildman–Crippen MR) is 125 cm³/mol. The summed E-state index contributed by atoms with van der Waals surface area (Å²) in [6, 6.07) is 8.26. The number of benzene rings is 2. The van der Waals surface area contributed by atoms with Crippen LogP contribution in [0.2, 0.25) is 0 Å². The van der Waals surface area contributed by atoms with Gasteiger partial charge in [0.05, 0.1) is 17.2 Å². The first-order valence-corrected chi connectivity index (χ1v) is 10.8. The zero-order valence-corrected chi connectivity index (χ0v) is 19.6. The lowest BCUT2D eigenvalue weighted by atomic mass is 9.85. The third kappa shape index (κ3) is 3.53. The molecule has 33 heavy (non-hydrogen) atoms. The highest BCUT2D eigenvalue weighted by Gasteiger charge is 2.42. The van der Waals surface area contributed by atoms with Crippen LogP contribution >= 0.6 is 0 Å². The van der Waals surface area contributed by atoms with Crippen LogP contribution in [0.5, 0.6) is 0 Å². The molecule has 8 heteroatoms. The number of carbonyl (C=O) groups is 1. The van der Waals surface area contributed by atoms with Crippen LogP contribution in [-0.4, -0.2) is 34.9 Å². The summed E-state index contributed by atoms with van der Waals surface area (Å²) in [7, 11) is 1.77. The highest BCUT2D eigenvalue weighted by atomic mass is 19.3. The molecule has 1 aliphatic heterocycles. The normalized spacial score (nSPS) is 16.3. The minimum Gasteiger partial charge on any atom is -0.390 e. The number of amides is 1. The summed E-state index contributed by atoms with van der Waals surface area (Å²) in [5.41, 5.74) is 2.71. The van der Waals surface area contributed by atoms with Gasteiger partial charge in [-0.15, -0.1) is 5.10 Å². The van der Waals surface area contributed by atoms with Crippen LogP contribution in [0.4, 0.5) is 20.3 Å². The Kier molecular flexibility index (Phi) is 5.40. The van der Waals surface area contributed by atoms with Gasteiger partial charge < -0.3 is 15.3 Å². The molecule has 2 aromatic carbocycles. The molecule has 1 amide bonds. The molecule has 1 aliphatic rings. The molecule has 0 saturated heterocycles. The smallest absolute Gasteiger partial charge is 0.296 e. The van der Waals surface area contributed by atoms with Gasteiger partial charge in [0.25, 0.3) is 5.92 Å². The van der Waals surface area contributed by atoms with Crippen molar-refractivity contribution in [3.8, 4) is 0 Å². The van der Waals surface area contributed by atoms with Crippen LogP contribution in [0.15, 0.2) is 30.3 Å². The van der Waals surface area contributed by atoms with E-state index in [-0.39, 0.29) is 17.5 Å². The second-order valence-corrected chi connectivity index (χ2v) is 9.29. The van der Waals surface area contributed by atoms with E-state index in [1.165, 1.54) is 6.07 Å². The van der Waals surface area contributed by atoms with Gasteiger partial charge in [0.2, 0.25) is 5.91 Å². The monoisotopic (exact) mass is 454 g/mol. The number of carbonyl (C=O) groups excluding carboxylic acids is 1. The van der Waals surface area contributed by atoms with E-state index < -0.39 is 17.9 Å². The Morgan fingerprint density at radius 3 is 2.55 bits per heavy atom. The summed E-state index contributed by atoms with van der Waals surface area (Å²) in [6.45, 7) is 7.91. The minimum absolute atomic E-state index is 0.0199. The van der Waals surface area contributed by atoms with Crippen molar-refractivity contribution in [1.82, 2.24) is 10.2 Å². The van der Waals surface area contributed by atoms with E-state index in [1.807, 2.05) is 39.8 Å². The van der Waals surface area contributed by atoms with Gasteiger partial charge in [-0.3, -0.25) is 4.79 Å². The lowest BCUT2D eigenvalue weighted by molar-refractivity contribution is -0.121. The number of hydrogen-bond donors (Lipinski definition) is 2. The van der Waals surface area contributed by atoms with E-state index in [1.54, 1.807) is 31.0 Å². The highest BCUT2D eigenvalue weighted by molar-refractivity contribution is 6.10. The van der Waals surface area contributed by atoms with Crippen LogP contribution < -0.4 is 10.2 Å². The lowest BCUT2D eigenvalue weighted by Gasteiger charge is -2.23. The fourth-order valence-electron chi connectivity index (χ4n) is 4.73. The molecule has 2 heterocycles. The van der Waals surface area contributed by atoms with Crippen molar-refractivity contribution in [3.05, 3.63) is 58.3 Å². The van der Waals surface area contributed by atoms with E-state index >= 15 is 0 Å². The second-order valence-electron chi connectivity index (χ2n) is 9.29. The Labute approximate surface area is 191 Å². The second kappa shape index (κ2) is 7.73. The first-order chi connectivity index (χ1) is 15.4. The Morgan fingerprint density at radius 2 is 1.88 bits per heavy atom. The summed E-state index contributed by atoms with van der Waals surface area (Å²) in [6.07, 6.45) is 0. The number of anilines is 2. The molecular weight excluding hydrogens is 426 g/mol. The number of halogens is 2. The Hall–Kier alpha value is -3.13. The largest absolute Gasteiger partial charge is 0.390 e. The average Bonchev–Trinajstić information content (AvgIpc) is 2.94. The number of nitrogens with one attached hydrogen (secondary N) is 1. The topological polar surface area (TPSA) is 78.4 Å². The zero-order chi connectivity index (χ0) is 24.3. The fraction of sp³-hybridized carbons (Fsp3) is 0.400. The van der Waals surface area contributed by atoms with Crippen LogP contribution in [0.25, 0.3) is 10.8 Å². The summed E-state index contributed by atoms with van der Waals surface area (Å²) in [5, 5.41) is 22.8. The van der Waals surface area contributed by atoms with Crippen LogP contribution in [0, 0.1) is 13.8 Å². The first kappa shape index (κ1) is 23.0. The number of nitrogens with zero attached hydrogens (tertiary/aromatic N) is 3. The third-order valence-corrected chi connectivity index (χ3v) is 6.74. The molecule has 0 spiro atoms. The summed E-state index contributed by atoms with van der Waals surface area (Å²) < 4.78 is 28.4. The molecule has 0 saturated carbocycles. The predicted octanol–water partition coefficient (Wildman–Crippen LogP) is 4.76. The average molecular weight is 455 g/mol. The number of aromatic nitrogens is 2. The summed E-state index contributed by atoms with van der Waals surface area (Å²) in [5.74, 6) is -2.78. The number of fused-ring (bicyclic) bond motifs is 2. The standard InChI is InChI=1S/C25H28F2N4O2/c1-13-16(8-7-9-19(13)25(26,27)12-32)14(2)28-22-18-10-20-21(11-17(18)15(3)29-30-22)31(6)23(33)24(20,4)5/h7-11,14,32H,12H2,1-6H3,(H,28,30). The highest BCUT2D eigenvalue weighted by Crippen LogP contribution is 2.44. The molecule has 3 aromatic rings. The maximum Gasteiger partial charge on any atom is 0.296 e.